The number of rotatable bonds is 0. The van der Waals surface area contributed by atoms with E-state index in [1.165, 1.54) is 16.7 Å². The van der Waals surface area contributed by atoms with Gasteiger partial charge < -0.3 is 0 Å². The summed E-state index contributed by atoms with van der Waals surface area (Å²) >= 11 is 0. The van der Waals surface area contributed by atoms with Crippen LogP contribution in [0.3, 0.4) is 0 Å². The van der Waals surface area contributed by atoms with Crippen LogP contribution in [-0.2, 0) is 10.2 Å². The van der Waals surface area contributed by atoms with Crippen LogP contribution in [0.4, 0.5) is 0 Å². The van der Waals surface area contributed by atoms with Crippen LogP contribution in [0.15, 0.2) is 35.9 Å². The number of hydrogen-bond donors (Lipinski definition) is 0. The van der Waals surface area contributed by atoms with Gasteiger partial charge in [0.2, 0.25) is 0 Å². The quantitative estimate of drug-likeness (QED) is 0.671. The lowest BCUT2D eigenvalue weighted by atomic mass is 9.45. The fourth-order valence-electron chi connectivity index (χ4n) is 4.29. The maximum absolute atomic E-state index is 12.9. The minimum absolute atomic E-state index is 0.0425. The second kappa shape index (κ2) is 3.63. The van der Waals surface area contributed by atoms with Gasteiger partial charge in [-0.1, -0.05) is 71.4 Å². The van der Waals surface area contributed by atoms with Crippen LogP contribution in [0, 0.1) is 10.8 Å². The van der Waals surface area contributed by atoms with Crippen LogP contribution in [0.25, 0.3) is 0 Å². The molecule has 3 rings (SSSR count). The average molecular weight is 268 g/mol. The van der Waals surface area contributed by atoms with E-state index in [9.17, 15) is 4.79 Å². The lowest BCUT2D eigenvalue weighted by Gasteiger charge is -2.56. The molecule has 0 saturated carbocycles. The summed E-state index contributed by atoms with van der Waals surface area (Å²) in [5, 5.41) is 0. The van der Waals surface area contributed by atoms with Crippen molar-refractivity contribution in [3.05, 3.63) is 47.0 Å². The molecule has 2 aliphatic rings. The molecule has 0 heterocycles. The molecule has 0 N–H and O–H groups in total. The Morgan fingerprint density at radius 2 is 1.60 bits per heavy atom. The molecule has 1 aromatic rings. The Labute approximate surface area is 122 Å². The Balaban J connectivity index is 2.28. The van der Waals surface area contributed by atoms with Crippen molar-refractivity contribution in [2.24, 2.45) is 10.8 Å². The summed E-state index contributed by atoms with van der Waals surface area (Å²) in [5.74, 6) is 0.574. The van der Waals surface area contributed by atoms with Crippen LogP contribution >= 0.6 is 0 Å². The first-order chi connectivity index (χ1) is 9.12. The zero-order valence-corrected chi connectivity index (χ0v) is 13.4. The van der Waals surface area contributed by atoms with E-state index in [2.05, 4.69) is 65.8 Å². The van der Waals surface area contributed by atoms with E-state index in [4.69, 9.17) is 0 Å². The maximum Gasteiger partial charge on any atom is 0.167 e. The van der Waals surface area contributed by atoms with Gasteiger partial charge in [-0.2, -0.15) is 0 Å². The number of carbonyl (C=O) groups is 1. The molecule has 0 spiro atoms. The molecular formula is C19H24O. The molecule has 1 aromatic carbocycles. The maximum atomic E-state index is 12.9. The SMILES string of the molecule is CC(C)(C)C1=CC(=O)C2(C(C)(C)C)c3ccccc3C12. The molecule has 0 amide bonds. The predicted octanol–water partition coefficient (Wildman–Crippen LogP) is 4.62. The fraction of sp³-hybridized carbons (Fsp3) is 0.526. The average Bonchev–Trinajstić information content (AvgIpc) is 2.54. The normalized spacial score (nSPS) is 28.6. The molecular weight excluding hydrogens is 244 g/mol. The second-order valence-corrected chi connectivity index (χ2v) is 8.29. The Bertz CT molecular complexity index is 622. The summed E-state index contributed by atoms with van der Waals surface area (Å²) in [7, 11) is 0. The standard InChI is InChI=1S/C19H24O/c1-17(2,3)14-11-15(20)19(18(4,5)6)13-10-8-7-9-12(13)16(14)19/h7-11,16H,1-6H3. The van der Waals surface area contributed by atoms with Crippen molar-refractivity contribution in [3.8, 4) is 0 Å². The van der Waals surface area contributed by atoms with Crippen molar-refractivity contribution in [1.82, 2.24) is 0 Å². The van der Waals surface area contributed by atoms with Gasteiger partial charge in [0, 0.05) is 5.92 Å². The van der Waals surface area contributed by atoms with Gasteiger partial charge in [0.25, 0.3) is 0 Å². The van der Waals surface area contributed by atoms with E-state index in [0.29, 0.717) is 5.78 Å². The Morgan fingerprint density at radius 1 is 1.00 bits per heavy atom. The Kier molecular flexibility index (Phi) is 2.47. The summed E-state index contributed by atoms with van der Waals surface area (Å²) in [6.45, 7) is 13.2. The third-order valence-corrected chi connectivity index (χ3v) is 5.16. The topological polar surface area (TPSA) is 17.1 Å². The number of carbonyl (C=O) groups excluding carboxylic acids is 1. The summed E-state index contributed by atoms with van der Waals surface area (Å²) in [5.41, 5.74) is 3.54. The molecule has 2 atom stereocenters. The molecule has 106 valence electrons. The number of ketones is 1. The summed E-state index contributed by atoms with van der Waals surface area (Å²) < 4.78 is 0. The number of fused-ring (bicyclic) bond motifs is 4. The van der Waals surface area contributed by atoms with Crippen molar-refractivity contribution in [2.45, 2.75) is 52.9 Å². The second-order valence-electron chi connectivity index (χ2n) is 8.29. The van der Waals surface area contributed by atoms with E-state index in [-0.39, 0.29) is 22.2 Å². The van der Waals surface area contributed by atoms with Crippen LogP contribution in [-0.4, -0.2) is 5.78 Å². The molecule has 2 aliphatic carbocycles. The minimum atomic E-state index is -0.341. The molecule has 0 bridgehead atoms. The van der Waals surface area contributed by atoms with E-state index in [1.807, 2.05) is 6.08 Å². The molecule has 1 nitrogen and oxygen atoms in total. The van der Waals surface area contributed by atoms with Crippen LogP contribution < -0.4 is 0 Å². The van der Waals surface area contributed by atoms with Gasteiger partial charge in [0.1, 0.15) is 0 Å². The smallest absolute Gasteiger partial charge is 0.167 e. The Morgan fingerprint density at radius 3 is 2.15 bits per heavy atom. The highest BCUT2D eigenvalue weighted by Gasteiger charge is 2.66. The highest BCUT2D eigenvalue weighted by Crippen LogP contribution is 2.68. The first-order valence-electron chi connectivity index (χ1n) is 7.47. The van der Waals surface area contributed by atoms with Crippen LogP contribution in [0.2, 0.25) is 0 Å². The molecule has 0 aliphatic heterocycles. The molecule has 20 heavy (non-hydrogen) atoms. The lowest BCUT2D eigenvalue weighted by molar-refractivity contribution is -0.124. The fourth-order valence-corrected chi connectivity index (χ4v) is 4.29. The molecule has 1 heteroatoms. The van der Waals surface area contributed by atoms with Gasteiger partial charge in [-0.3, -0.25) is 4.79 Å². The summed E-state index contributed by atoms with van der Waals surface area (Å²) in [6.07, 6.45) is 1.94. The van der Waals surface area contributed by atoms with E-state index >= 15 is 0 Å². The highest BCUT2D eigenvalue weighted by molar-refractivity contribution is 6.08. The van der Waals surface area contributed by atoms with Crippen molar-refractivity contribution >= 4 is 5.78 Å². The summed E-state index contributed by atoms with van der Waals surface area (Å²) in [6, 6.07) is 8.50. The van der Waals surface area contributed by atoms with Crippen molar-refractivity contribution in [3.63, 3.8) is 0 Å². The summed E-state index contributed by atoms with van der Waals surface area (Å²) in [4.78, 5) is 12.9. The van der Waals surface area contributed by atoms with Crippen LogP contribution in [0.1, 0.15) is 58.6 Å². The monoisotopic (exact) mass is 268 g/mol. The number of benzene rings is 1. The highest BCUT2D eigenvalue weighted by atomic mass is 16.1. The zero-order valence-electron chi connectivity index (χ0n) is 13.4. The number of allylic oxidation sites excluding steroid dienone is 2. The zero-order chi connectivity index (χ0) is 14.9. The van der Waals surface area contributed by atoms with Gasteiger partial charge in [-0.25, -0.2) is 0 Å². The first kappa shape index (κ1) is 13.6. The van der Waals surface area contributed by atoms with E-state index in [1.54, 1.807) is 0 Å². The largest absolute Gasteiger partial charge is 0.294 e. The van der Waals surface area contributed by atoms with Crippen molar-refractivity contribution < 1.29 is 4.79 Å². The van der Waals surface area contributed by atoms with E-state index in [0.717, 1.165) is 0 Å². The third kappa shape index (κ3) is 1.36. The molecule has 2 unspecified atom stereocenters. The van der Waals surface area contributed by atoms with Crippen molar-refractivity contribution in [2.75, 3.05) is 0 Å². The first-order valence-corrected chi connectivity index (χ1v) is 7.47. The van der Waals surface area contributed by atoms with E-state index < -0.39 is 0 Å². The van der Waals surface area contributed by atoms with Gasteiger partial charge >= 0.3 is 0 Å². The van der Waals surface area contributed by atoms with Crippen LogP contribution in [0.5, 0.6) is 0 Å². The van der Waals surface area contributed by atoms with Gasteiger partial charge in [0.05, 0.1) is 5.41 Å². The molecule has 0 aromatic heterocycles. The predicted molar refractivity (Wildman–Crippen MR) is 82.9 cm³/mol. The Hall–Kier alpha value is -1.37. The molecule has 0 radical (unpaired) electrons. The third-order valence-electron chi connectivity index (χ3n) is 5.16. The van der Waals surface area contributed by atoms with Gasteiger partial charge in [-0.15, -0.1) is 0 Å². The van der Waals surface area contributed by atoms with Gasteiger partial charge in [-0.05, 0) is 28.0 Å². The number of hydrogen-bond acceptors (Lipinski definition) is 1. The lowest BCUT2D eigenvalue weighted by Crippen LogP contribution is -2.55. The van der Waals surface area contributed by atoms with Gasteiger partial charge in [0.15, 0.2) is 5.78 Å². The molecule has 0 saturated heterocycles. The minimum Gasteiger partial charge on any atom is -0.294 e. The van der Waals surface area contributed by atoms with Crippen molar-refractivity contribution in [1.29, 1.82) is 0 Å². The molecule has 0 fully saturated rings.